The molecule has 0 N–H and O–H groups in total. The van der Waals surface area contributed by atoms with E-state index in [-0.39, 0.29) is 0 Å². The minimum atomic E-state index is 0.658. The monoisotopic (exact) mass is 237 g/mol. The van der Waals surface area contributed by atoms with E-state index >= 15 is 0 Å². The SMILES string of the molecule is CCOCCOCc1cccc(CN(C)C)c1. The molecule has 0 radical (unpaired) electrons. The first-order valence-electron chi connectivity index (χ1n) is 6.10. The van der Waals surface area contributed by atoms with Gasteiger partial charge < -0.3 is 14.4 Å². The van der Waals surface area contributed by atoms with Crippen molar-refractivity contribution in [2.75, 3.05) is 33.9 Å². The van der Waals surface area contributed by atoms with E-state index in [2.05, 4.69) is 43.3 Å². The fourth-order valence-corrected chi connectivity index (χ4v) is 1.64. The van der Waals surface area contributed by atoms with Crippen molar-refractivity contribution < 1.29 is 9.47 Å². The number of hydrogen-bond donors (Lipinski definition) is 0. The Morgan fingerprint density at radius 2 is 1.76 bits per heavy atom. The molecule has 0 bridgehead atoms. The average molecular weight is 237 g/mol. The Labute approximate surface area is 104 Å². The summed E-state index contributed by atoms with van der Waals surface area (Å²) in [6.45, 7) is 5.70. The van der Waals surface area contributed by atoms with Gasteiger partial charge in [-0.25, -0.2) is 0 Å². The molecule has 96 valence electrons. The van der Waals surface area contributed by atoms with E-state index in [0.717, 1.165) is 13.2 Å². The van der Waals surface area contributed by atoms with Crippen molar-refractivity contribution in [1.29, 1.82) is 0 Å². The summed E-state index contributed by atoms with van der Waals surface area (Å²) in [7, 11) is 4.15. The molecule has 0 amide bonds. The molecular weight excluding hydrogens is 214 g/mol. The Morgan fingerprint density at radius 3 is 2.47 bits per heavy atom. The Bertz CT molecular complexity index is 313. The predicted octanol–water partition coefficient (Wildman–Crippen LogP) is 2.30. The van der Waals surface area contributed by atoms with Gasteiger partial charge in [-0.15, -0.1) is 0 Å². The van der Waals surface area contributed by atoms with Gasteiger partial charge in [0.2, 0.25) is 0 Å². The second kappa shape index (κ2) is 8.23. The first-order valence-corrected chi connectivity index (χ1v) is 6.10. The van der Waals surface area contributed by atoms with Gasteiger partial charge in [0, 0.05) is 13.2 Å². The van der Waals surface area contributed by atoms with Gasteiger partial charge in [-0.05, 0) is 32.1 Å². The lowest BCUT2D eigenvalue weighted by molar-refractivity contribution is 0.0452. The van der Waals surface area contributed by atoms with Gasteiger partial charge in [0.05, 0.1) is 19.8 Å². The number of rotatable bonds is 8. The predicted molar refractivity (Wildman–Crippen MR) is 70.0 cm³/mol. The van der Waals surface area contributed by atoms with Crippen molar-refractivity contribution in [3.05, 3.63) is 35.4 Å². The minimum Gasteiger partial charge on any atom is -0.379 e. The Hall–Kier alpha value is -0.900. The third-order valence-electron chi connectivity index (χ3n) is 2.34. The third kappa shape index (κ3) is 6.41. The van der Waals surface area contributed by atoms with E-state index in [1.807, 2.05) is 6.92 Å². The maximum absolute atomic E-state index is 5.54. The second-order valence-corrected chi connectivity index (χ2v) is 4.31. The summed E-state index contributed by atoms with van der Waals surface area (Å²) in [6, 6.07) is 8.52. The van der Waals surface area contributed by atoms with Crippen molar-refractivity contribution >= 4 is 0 Å². The molecule has 0 unspecified atom stereocenters. The van der Waals surface area contributed by atoms with Crippen LogP contribution < -0.4 is 0 Å². The number of benzene rings is 1. The first kappa shape index (κ1) is 14.2. The molecule has 0 aromatic heterocycles. The molecule has 1 aromatic carbocycles. The lowest BCUT2D eigenvalue weighted by Gasteiger charge is -2.11. The van der Waals surface area contributed by atoms with E-state index < -0.39 is 0 Å². The second-order valence-electron chi connectivity index (χ2n) is 4.31. The molecule has 0 aliphatic carbocycles. The molecule has 0 heterocycles. The molecule has 3 nitrogen and oxygen atoms in total. The molecule has 0 atom stereocenters. The minimum absolute atomic E-state index is 0.658. The molecule has 0 aliphatic rings. The summed E-state index contributed by atoms with van der Waals surface area (Å²) in [5.41, 5.74) is 2.54. The van der Waals surface area contributed by atoms with Crippen LogP contribution in [0.1, 0.15) is 18.1 Å². The average Bonchev–Trinajstić information content (AvgIpc) is 2.28. The van der Waals surface area contributed by atoms with Gasteiger partial charge in [0.25, 0.3) is 0 Å². The standard InChI is InChI=1S/C14H23NO2/c1-4-16-8-9-17-12-14-7-5-6-13(10-14)11-15(2)3/h5-7,10H,4,8-9,11-12H2,1-3H3. The lowest BCUT2D eigenvalue weighted by Crippen LogP contribution is -2.11. The van der Waals surface area contributed by atoms with Crippen molar-refractivity contribution in [2.24, 2.45) is 0 Å². The van der Waals surface area contributed by atoms with Gasteiger partial charge in [-0.2, -0.15) is 0 Å². The number of nitrogens with zero attached hydrogens (tertiary/aromatic N) is 1. The summed E-state index contributed by atoms with van der Waals surface area (Å²) >= 11 is 0. The highest BCUT2D eigenvalue weighted by molar-refractivity contribution is 5.22. The number of hydrogen-bond acceptors (Lipinski definition) is 3. The molecule has 0 aliphatic heterocycles. The maximum Gasteiger partial charge on any atom is 0.0718 e. The van der Waals surface area contributed by atoms with Crippen LogP contribution >= 0.6 is 0 Å². The molecule has 0 spiro atoms. The number of ether oxygens (including phenoxy) is 2. The quantitative estimate of drug-likeness (QED) is 0.648. The smallest absolute Gasteiger partial charge is 0.0718 e. The molecule has 3 heteroatoms. The van der Waals surface area contributed by atoms with E-state index in [1.165, 1.54) is 11.1 Å². The van der Waals surface area contributed by atoms with Crippen molar-refractivity contribution in [2.45, 2.75) is 20.1 Å². The van der Waals surface area contributed by atoms with E-state index in [4.69, 9.17) is 9.47 Å². The highest BCUT2D eigenvalue weighted by atomic mass is 16.5. The summed E-state index contributed by atoms with van der Waals surface area (Å²) < 4.78 is 10.8. The summed E-state index contributed by atoms with van der Waals surface area (Å²) in [4.78, 5) is 2.16. The van der Waals surface area contributed by atoms with Crippen LogP contribution in [0.5, 0.6) is 0 Å². The normalized spacial score (nSPS) is 11.1. The topological polar surface area (TPSA) is 21.7 Å². The molecule has 0 saturated carbocycles. The van der Waals surface area contributed by atoms with Crippen LogP contribution in [-0.4, -0.2) is 38.8 Å². The van der Waals surface area contributed by atoms with Gasteiger partial charge in [-0.1, -0.05) is 24.3 Å². The fraction of sp³-hybridized carbons (Fsp3) is 0.571. The first-order chi connectivity index (χ1) is 8.22. The molecular formula is C14H23NO2. The van der Waals surface area contributed by atoms with Crippen LogP contribution in [-0.2, 0) is 22.6 Å². The Kier molecular flexibility index (Phi) is 6.86. The van der Waals surface area contributed by atoms with Crippen molar-refractivity contribution in [3.63, 3.8) is 0 Å². The van der Waals surface area contributed by atoms with E-state index in [0.29, 0.717) is 19.8 Å². The molecule has 1 rings (SSSR count). The maximum atomic E-state index is 5.54. The van der Waals surface area contributed by atoms with Crippen LogP contribution in [0.4, 0.5) is 0 Å². The Balaban J connectivity index is 2.32. The molecule has 17 heavy (non-hydrogen) atoms. The zero-order chi connectivity index (χ0) is 12.5. The van der Waals surface area contributed by atoms with Gasteiger partial charge in [0.15, 0.2) is 0 Å². The molecule has 0 fully saturated rings. The van der Waals surface area contributed by atoms with Crippen LogP contribution in [0.25, 0.3) is 0 Å². The van der Waals surface area contributed by atoms with Crippen molar-refractivity contribution in [3.8, 4) is 0 Å². The summed E-state index contributed by atoms with van der Waals surface area (Å²) in [5.74, 6) is 0. The van der Waals surface area contributed by atoms with Gasteiger partial charge in [-0.3, -0.25) is 0 Å². The van der Waals surface area contributed by atoms with E-state index in [1.54, 1.807) is 0 Å². The summed E-state index contributed by atoms with van der Waals surface area (Å²) in [5, 5.41) is 0. The van der Waals surface area contributed by atoms with E-state index in [9.17, 15) is 0 Å². The van der Waals surface area contributed by atoms with Crippen molar-refractivity contribution in [1.82, 2.24) is 4.90 Å². The molecule has 1 aromatic rings. The van der Waals surface area contributed by atoms with Crippen LogP contribution in [0.3, 0.4) is 0 Å². The largest absolute Gasteiger partial charge is 0.379 e. The fourth-order valence-electron chi connectivity index (χ4n) is 1.64. The summed E-state index contributed by atoms with van der Waals surface area (Å²) in [6.07, 6.45) is 0. The highest BCUT2D eigenvalue weighted by Gasteiger charge is 1.98. The van der Waals surface area contributed by atoms with Crippen LogP contribution in [0.15, 0.2) is 24.3 Å². The Morgan fingerprint density at radius 1 is 1.06 bits per heavy atom. The zero-order valence-electron chi connectivity index (χ0n) is 11.1. The highest BCUT2D eigenvalue weighted by Crippen LogP contribution is 2.08. The van der Waals surface area contributed by atoms with Gasteiger partial charge >= 0.3 is 0 Å². The lowest BCUT2D eigenvalue weighted by atomic mass is 10.1. The van der Waals surface area contributed by atoms with Gasteiger partial charge in [0.1, 0.15) is 0 Å². The molecule has 0 saturated heterocycles. The zero-order valence-corrected chi connectivity index (χ0v) is 11.1. The van der Waals surface area contributed by atoms with Crippen LogP contribution in [0, 0.1) is 0 Å². The van der Waals surface area contributed by atoms with Crippen LogP contribution in [0.2, 0.25) is 0 Å². The third-order valence-corrected chi connectivity index (χ3v) is 2.34.